The fourth-order valence-corrected chi connectivity index (χ4v) is 3.99. The molecule has 13 heteroatoms. The second kappa shape index (κ2) is 10.7. The molecule has 1 amide bonds. The van der Waals surface area contributed by atoms with Crippen molar-refractivity contribution in [2.45, 2.75) is 32.6 Å². The molecule has 0 aliphatic heterocycles. The van der Waals surface area contributed by atoms with Gasteiger partial charge in [-0.25, -0.2) is 24.1 Å². The molecule has 3 aromatic rings. The molecular formula is C24H27FN6O5S. The van der Waals surface area contributed by atoms with Gasteiger partial charge in [0.25, 0.3) is 5.91 Å². The monoisotopic (exact) mass is 530 g/mol. The standard InChI is InChI=1S/C24H27FN6O5S/c1-4-36-30-24(32)17-12-26-23(29-22-9-14(2)18(25)13-27-22)11-20(17)28-19-8-7-16(15-5-6-15)10-21(19)31(3)37(33,34)35/h7-13,15H,4-6H2,1-3H3,(H,30,32)(H,33,34,35)(H2,26,27,28,29). The lowest BCUT2D eigenvalue weighted by Gasteiger charge is -2.22. The zero-order valence-corrected chi connectivity index (χ0v) is 21.3. The Hall–Kier alpha value is -3.81. The molecule has 1 fully saturated rings. The fourth-order valence-electron chi connectivity index (χ4n) is 3.59. The molecule has 4 rings (SSSR count). The number of pyridine rings is 2. The zero-order valence-electron chi connectivity index (χ0n) is 20.4. The number of halogens is 1. The summed E-state index contributed by atoms with van der Waals surface area (Å²) in [6.07, 6.45) is 4.39. The topological polar surface area (TPSA) is 146 Å². The first-order valence-corrected chi connectivity index (χ1v) is 12.9. The van der Waals surface area contributed by atoms with Crippen molar-refractivity contribution in [3.8, 4) is 0 Å². The van der Waals surface area contributed by atoms with E-state index in [4.69, 9.17) is 4.84 Å². The van der Waals surface area contributed by atoms with Gasteiger partial charge in [-0.3, -0.25) is 14.2 Å². The van der Waals surface area contributed by atoms with Crippen molar-refractivity contribution in [1.29, 1.82) is 0 Å². The Labute approximate surface area is 213 Å². The molecule has 0 bridgehead atoms. The maximum Gasteiger partial charge on any atom is 0.359 e. The van der Waals surface area contributed by atoms with Crippen LogP contribution in [0, 0.1) is 12.7 Å². The van der Waals surface area contributed by atoms with Crippen LogP contribution in [0.25, 0.3) is 0 Å². The van der Waals surface area contributed by atoms with E-state index in [0.29, 0.717) is 23.0 Å². The molecule has 0 spiro atoms. The molecule has 196 valence electrons. The van der Waals surface area contributed by atoms with Crippen LogP contribution in [-0.2, 0) is 15.1 Å². The Morgan fingerprint density at radius 3 is 2.49 bits per heavy atom. The number of hydrogen-bond donors (Lipinski definition) is 4. The number of hydroxylamine groups is 1. The predicted molar refractivity (Wildman–Crippen MR) is 137 cm³/mol. The Kier molecular flexibility index (Phi) is 7.57. The van der Waals surface area contributed by atoms with E-state index >= 15 is 0 Å². The molecular weight excluding hydrogens is 503 g/mol. The number of nitrogens with one attached hydrogen (secondary N) is 3. The van der Waals surface area contributed by atoms with E-state index in [-0.39, 0.29) is 29.4 Å². The van der Waals surface area contributed by atoms with E-state index in [1.165, 1.54) is 25.4 Å². The molecule has 1 aromatic carbocycles. The quantitative estimate of drug-likeness (QED) is 0.224. The number of aryl methyl sites for hydroxylation is 1. The lowest BCUT2D eigenvalue weighted by molar-refractivity contribution is 0.0365. The van der Waals surface area contributed by atoms with E-state index in [2.05, 4.69) is 26.1 Å². The normalized spacial score (nSPS) is 13.2. The molecule has 0 unspecified atom stereocenters. The summed E-state index contributed by atoms with van der Waals surface area (Å²) in [5, 5.41) is 6.05. The molecule has 0 radical (unpaired) electrons. The van der Waals surface area contributed by atoms with Gasteiger partial charge in [0.05, 0.1) is 35.4 Å². The van der Waals surface area contributed by atoms with Gasteiger partial charge in [0.1, 0.15) is 17.5 Å². The van der Waals surface area contributed by atoms with Gasteiger partial charge in [-0.1, -0.05) is 6.07 Å². The molecule has 11 nitrogen and oxygen atoms in total. The number of rotatable bonds is 10. The molecule has 4 N–H and O–H groups in total. The zero-order chi connectivity index (χ0) is 26.7. The molecule has 2 aromatic heterocycles. The highest BCUT2D eigenvalue weighted by Crippen LogP contribution is 2.43. The third kappa shape index (κ3) is 6.31. The molecule has 1 aliphatic rings. The summed E-state index contributed by atoms with van der Waals surface area (Å²) in [6, 6.07) is 8.28. The van der Waals surface area contributed by atoms with Crippen molar-refractivity contribution < 1.29 is 27.0 Å². The largest absolute Gasteiger partial charge is 0.359 e. The van der Waals surface area contributed by atoms with Gasteiger partial charge in [0, 0.05) is 19.3 Å². The lowest BCUT2D eigenvalue weighted by Crippen LogP contribution is -2.27. The Morgan fingerprint density at radius 2 is 1.84 bits per heavy atom. The lowest BCUT2D eigenvalue weighted by atomic mass is 10.1. The summed E-state index contributed by atoms with van der Waals surface area (Å²) in [5.74, 6) is -0.0800. The van der Waals surface area contributed by atoms with Crippen molar-refractivity contribution in [3.63, 3.8) is 0 Å². The highest BCUT2D eigenvalue weighted by Gasteiger charge is 2.27. The van der Waals surface area contributed by atoms with E-state index in [0.717, 1.165) is 28.9 Å². The number of benzene rings is 1. The van der Waals surface area contributed by atoms with Gasteiger partial charge in [-0.05, 0) is 61.9 Å². The number of carbonyl (C=O) groups excluding carboxylic acids is 1. The van der Waals surface area contributed by atoms with E-state index in [1.54, 1.807) is 26.0 Å². The minimum atomic E-state index is -4.56. The summed E-state index contributed by atoms with van der Waals surface area (Å²) >= 11 is 0. The second-order valence-corrected chi connectivity index (χ2v) is 9.99. The van der Waals surface area contributed by atoms with Crippen molar-refractivity contribution in [1.82, 2.24) is 15.4 Å². The molecule has 2 heterocycles. The Balaban J connectivity index is 1.74. The van der Waals surface area contributed by atoms with Gasteiger partial charge in [-0.2, -0.15) is 8.42 Å². The van der Waals surface area contributed by atoms with Crippen molar-refractivity contribution in [2.75, 3.05) is 28.6 Å². The van der Waals surface area contributed by atoms with Gasteiger partial charge in [0.2, 0.25) is 0 Å². The van der Waals surface area contributed by atoms with Gasteiger partial charge in [0.15, 0.2) is 0 Å². The summed E-state index contributed by atoms with van der Waals surface area (Å²) < 4.78 is 48.0. The second-order valence-electron chi connectivity index (χ2n) is 8.54. The van der Waals surface area contributed by atoms with Crippen LogP contribution >= 0.6 is 0 Å². The SMILES string of the molecule is CCONC(=O)c1cnc(Nc2cc(C)c(F)cn2)cc1Nc1ccc(C2CC2)cc1N(C)S(=O)(=O)O. The predicted octanol–water partition coefficient (Wildman–Crippen LogP) is 4.21. The highest BCUT2D eigenvalue weighted by atomic mass is 32.2. The van der Waals surface area contributed by atoms with E-state index in [9.17, 15) is 22.2 Å². The smallest absolute Gasteiger partial charge is 0.353 e. The number of hydrogen-bond acceptors (Lipinski definition) is 8. The molecule has 0 saturated heterocycles. The minimum absolute atomic E-state index is 0.106. The summed E-state index contributed by atoms with van der Waals surface area (Å²) in [7, 11) is -3.32. The molecule has 0 atom stereocenters. The molecule has 1 aliphatic carbocycles. The fraction of sp³-hybridized carbons (Fsp3) is 0.292. The molecule has 1 saturated carbocycles. The Bertz CT molecular complexity index is 1430. The third-order valence-corrected chi connectivity index (χ3v) is 6.67. The van der Waals surface area contributed by atoms with Gasteiger partial charge in [-0.15, -0.1) is 0 Å². The van der Waals surface area contributed by atoms with Gasteiger partial charge >= 0.3 is 10.3 Å². The van der Waals surface area contributed by atoms with Crippen LogP contribution in [0.5, 0.6) is 0 Å². The van der Waals surface area contributed by atoms with Crippen LogP contribution < -0.4 is 20.4 Å². The number of anilines is 5. The van der Waals surface area contributed by atoms with Crippen molar-refractivity contribution in [2.24, 2.45) is 0 Å². The number of carbonyl (C=O) groups is 1. The van der Waals surface area contributed by atoms with Crippen LogP contribution in [0.4, 0.5) is 33.1 Å². The maximum absolute atomic E-state index is 13.6. The van der Waals surface area contributed by atoms with E-state index < -0.39 is 22.0 Å². The van der Waals surface area contributed by atoms with Crippen LogP contribution in [0.2, 0.25) is 0 Å². The average molecular weight is 531 g/mol. The first kappa shape index (κ1) is 26.3. The first-order chi connectivity index (χ1) is 17.6. The van der Waals surface area contributed by atoms with Crippen LogP contribution in [-0.4, -0.2) is 42.5 Å². The summed E-state index contributed by atoms with van der Waals surface area (Å²) in [4.78, 5) is 26.0. The highest BCUT2D eigenvalue weighted by molar-refractivity contribution is 7.87. The third-order valence-electron chi connectivity index (χ3n) is 5.79. The number of aromatic nitrogens is 2. The van der Waals surface area contributed by atoms with Crippen LogP contribution in [0.3, 0.4) is 0 Å². The Morgan fingerprint density at radius 1 is 1.14 bits per heavy atom. The van der Waals surface area contributed by atoms with E-state index in [1.807, 2.05) is 6.07 Å². The van der Waals surface area contributed by atoms with Crippen LogP contribution in [0.1, 0.15) is 47.2 Å². The molecule has 37 heavy (non-hydrogen) atoms. The van der Waals surface area contributed by atoms with Crippen molar-refractivity contribution in [3.05, 3.63) is 65.2 Å². The van der Waals surface area contributed by atoms with Gasteiger partial charge < -0.3 is 10.6 Å². The first-order valence-electron chi connectivity index (χ1n) is 11.5. The average Bonchev–Trinajstić information content (AvgIpc) is 3.70. The maximum atomic E-state index is 13.6. The minimum Gasteiger partial charge on any atom is -0.353 e. The summed E-state index contributed by atoms with van der Waals surface area (Å²) in [5.41, 5.74) is 4.53. The number of nitrogens with zero attached hydrogens (tertiary/aromatic N) is 3. The van der Waals surface area contributed by atoms with Crippen molar-refractivity contribution >= 4 is 44.9 Å². The number of amides is 1. The van der Waals surface area contributed by atoms with Crippen LogP contribution in [0.15, 0.2) is 42.7 Å². The summed E-state index contributed by atoms with van der Waals surface area (Å²) in [6.45, 7) is 3.55.